The van der Waals surface area contributed by atoms with Crippen LogP contribution in [0.3, 0.4) is 0 Å². The molecule has 0 spiro atoms. The summed E-state index contributed by atoms with van der Waals surface area (Å²) in [6.07, 6.45) is 1.67. The number of rotatable bonds is 2. The van der Waals surface area contributed by atoms with Gasteiger partial charge in [-0.05, 0) is 20.8 Å². The number of fused-ring (bicyclic) bond motifs is 1. The molecule has 2 heterocycles. The second-order valence-corrected chi connectivity index (χ2v) is 4.56. The van der Waals surface area contributed by atoms with Crippen molar-refractivity contribution < 1.29 is 13.9 Å². The second kappa shape index (κ2) is 3.70. The average Bonchev–Trinajstić information content (AvgIpc) is 2.67. The number of hydrogen-bond acceptors (Lipinski definition) is 4. The third-order valence-corrected chi connectivity index (χ3v) is 3.45. The van der Waals surface area contributed by atoms with Gasteiger partial charge >= 0.3 is 5.97 Å². The zero-order valence-corrected chi connectivity index (χ0v) is 9.73. The number of furan rings is 1. The normalized spacial score (nSPS) is 10.9. The van der Waals surface area contributed by atoms with Crippen LogP contribution in [0.4, 0.5) is 0 Å². The first-order valence-corrected chi connectivity index (χ1v) is 5.61. The lowest BCUT2D eigenvalue weighted by Gasteiger charge is -1.99. The van der Waals surface area contributed by atoms with Gasteiger partial charge < -0.3 is 9.15 Å². The van der Waals surface area contributed by atoms with E-state index < -0.39 is 0 Å². The van der Waals surface area contributed by atoms with E-state index in [-0.39, 0.29) is 5.97 Å². The van der Waals surface area contributed by atoms with Crippen molar-refractivity contribution in [1.29, 1.82) is 0 Å². The van der Waals surface area contributed by atoms with Gasteiger partial charge in [-0.3, -0.25) is 0 Å². The van der Waals surface area contributed by atoms with Crippen LogP contribution in [-0.4, -0.2) is 12.6 Å². The number of esters is 1. The molecule has 0 atom stereocenters. The molecule has 0 aliphatic rings. The highest BCUT2D eigenvalue weighted by Crippen LogP contribution is 2.34. The fourth-order valence-electron chi connectivity index (χ4n) is 1.54. The Bertz CT molecular complexity index is 507. The average molecular weight is 224 g/mol. The molecule has 2 aromatic rings. The minimum atomic E-state index is -0.296. The van der Waals surface area contributed by atoms with Crippen LogP contribution in [0.2, 0.25) is 0 Å². The molecule has 0 amide bonds. The largest absolute Gasteiger partial charge is 0.462 e. The number of thiophene rings is 1. The lowest BCUT2D eigenvalue weighted by atomic mass is 10.2. The maximum Gasteiger partial charge on any atom is 0.343 e. The molecule has 0 fully saturated rings. The number of aryl methyl sites for hydroxylation is 2. The molecule has 0 aromatic carbocycles. The highest BCUT2D eigenvalue weighted by atomic mass is 32.1. The summed E-state index contributed by atoms with van der Waals surface area (Å²) in [4.78, 5) is 12.6. The van der Waals surface area contributed by atoms with Gasteiger partial charge in [0.2, 0.25) is 0 Å². The molecule has 2 rings (SSSR count). The van der Waals surface area contributed by atoms with Crippen molar-refractivity contribution in [2.45, 2.75) is 20.8 Å². The molecule has 0 saturated carbocycles. The predicted octanol–water partition coefficient (Wildman–Crippen LogP) is 3.29. The highest BCUT2D eigenvalue weighted by molar-refractivity contribution is 7.19. The van der Waals surface area contributed by atoms with Crippen LogP contribution < -0.4 is 0 Å². The Balaban J connectivity index is 2.58. The summed E-state index contributed by atoms with van der Waals surface area (Å²) in [6, 6.07) is 0. The Morgan fingerprint density at radius 2 is 2.27 bits per heavy atom. The maximum atomic E-state index is 11.7. The van der Waals surface area contributed by atoms with Gasteiger partial charge in [0.1, 0.15) is 5.56 Å². The first-order valence-electron chi connectivity index (χ1n) is 4.79. The molecule has 15 heavy (non-hydrogen) atoms. The number of carbonyl (C=O) groups excluding carboxylic acids is 1. The minimum absolute atomic E-state index is 0.296. The van der Waals surface area contributed by atoms with Crippen LogP contribution >= 0.6 is 11.3 Å². The van der Waals surface area contributed by atoms with Crippen LogP contribution in [0.25, 0.3) is 10.3 Å². The van der Waals surface area contributed by atoms with Crippen LogP contribution in [0, 0.1) is 13.8 Å². The molecule has 0 aliphatic heterocycles. The maximum absolute atomic E-state index is 11.7. The van der Waals surface area contributed by atoms with Gasteiger partial charge in [-0.25, -0.2) is 4.79 Å². The van der Waals surface area contributed by atoms with Crippen molar-refractivity contribution in [1.82, 2.24) is 0 Å². The van der Waals surface area contributed by atoms with Crippen LogP contribution in [0.1, 0.15) is 27.7 Å². The number of ether oxygens (including phenoxy) is 1. The lowest BCUT2D eigenvalue weighted by Crippen LogP contribution is -2.04. The molecular weight excluding hydrogens is 212 g/mol. The Hall–Kier alpha value is -1.29. The summed E-state index contributed by atoms with van der Waals surface area (Å²) in [7, 11) is 0. The van der Waals surface area contributed by atoms with Gasteiger partial charge in [0.05, 0.1) is 17.6 Å². The van der Waals surface area contributed by atoms with Crippen LogP contribution in [0.5, 0.6) is 0 Å². The fourth-order valence-corrected chi connectivity index (χ4v) is 2.57. The van der Waals surface area contributed by atoms with Crippen molar-refractivity contribution in [2.75, 3.05) is 6.61 Å². The Kier molecular flexibility index (Phi) is 2.52. The first kappa shape index (κ1) is 10.2. The number of hydrogen-bond donors (Lipinski definition) is 0. The van der Waals surface area contributed by atoms with Crippen molar-refractivity contribution in [3.8, 4) is 0 Å². The van der Waals surface area contributed by atoms with Crippen LogP contribution in [0.15, 0.2) is 10.7 Å². The third kappa shape index (κ3) is 1.55. The summed E-state index contributed by atoms with van der Waals surface area (Å²) in [5.74, 6) is -0.296. The molecule has 0 radical (unpaired) electrons. The van der Waals surface area contributed by atoms with Gasteiger partial charge in [0.15, 0.2) is 5.58 Å². The van der Waals surface area contributed by atoms with E-state index in [1.54, 1.807) is 24.5 Å². The van der Waals surface area contributed by atoms with E-state index in [4.69, 9.17) is 9.15 Å². The van der Waals surface area contributed by atoms with Crippen molar-refractivity contribution in [2.24, 2.45) is 0 Å². The summed E-state index contributed by atoms with van der Waals surface area (Å²) >= 11 is 1.57. The molecule has 80 valence electrons. The smallest absolute Gasteiger partial charge is 0.343 e. The zero-order valence-electron chi connectivity index (χ0n) is 8.92. The van der Waals surface area contributed by atoms with E-state index >= 15 is 0 Å². The van der Waals surface area contributed by atoms with Crippen molar-refractivity contribution >= 4 is 27.6 Å². The highest BCUT2D eigenvalue weighted by Gasteiger charge is 2.21. The van der Waals surface area contributed by atoms with Gasteiger partial charge in [-0.2, -0.15) is 0 Å². The molecule has 0 aliphatic carbocycles. The molecule has 2 aromatic heterocycles. The van der Waals surface area contributed by atoms with Crippen LogP contribution in [-0.2, 0) is 4.74 Å². The molecule has 3 nitrogen and oxygen atoms in total. The SMILES string of the molecule is CCOC(=O)c1c(C)sc2c(C)coc12. The minimum Gasteiger partial charge on any atom is -0.462 e. The van der Waals surface area contributed by atoms with Crippen molar-refractivity contribution in [3.05, 3.63) is 22.3 Å². The van der Waals surface area contributed by atoms with Gasteiger partial charge in [-0.1, -0.05) is 0 Å². The molecule has 4 heteroatoms. The Labute approximate surface area is 91.6 Å². The summed E-state index contributed by atoms with van der Waals surface area (Å²) in [5, 5.41) is 0. The van der Waals surface area contributed by atoms with Gasteiger partial charge in [0, 0.05) is 10.4 Å². The predicted molar refractivity (Wildman–Crippen MR) is 59.5 cm³/mol. The van der Waals surface area contributed by atoms with E-state index in [0.717, 1.165) is 15.1 Å². The number of carbonyl (C=O) groups is 1. The van der Waals surface area contributed by atoms with Gasteiger partial charge in [-0.15, -0.1) is 11.3 Å². The van der Waals surface area contributed by atoms with Gasteiger partial charge in [0.25, 0.3) is 0 Å². The monoisotopic (exact) mass is 224 g/mol. The fraction of sp³-hybridized carbons (Fsp3) is 0.364. The topological polar surface area (TPSA) is 39.4 Å². The lowest BCUT2D eigenvalue weighted by molar-refractivity contribution is 0.0527. The Morgan fingerprint density at radius 1 is 1.53 bits per heavy atom. The zero-order chi connectivity index (χ0) is 11.0. The summed E-state index contributed by atoms with van der Waals surface area (Å²) < 4.78 is 11.4. The van der Waals surface area contributed by atoms with E-state index in [9.17, 15) is 4.79 Å². The summed E-state index contributed by atoms with van der Waals surface area (Å²) in [5.41, 5.74) is 2.30. The quantitative estimate of drug-likeness (QED) is 0.735. The van der Waals surface area contributed by atoms with E-state index in [2.05, 4.69) is 0 Å². The van der Waals surface area contributed by atoms with E-state index in [1.807, 2.05) is 13.8 Å². The molecule has 0 bridgehead atoms. The summed E-state index contributed by atoms with van der Waals surface area (Å²) in [6.45, 7) is 6.06. The molecule has 0 N–H and O–H groups in total. The molecular formula is C11H12O3S. The van der Waals surface area contributed by atoms with Crippen molar-refractivity contribution in [3.63, 3.8) is 0 Å². The third-order valence-electron chi connectivity index (χ3n) is 2.23. The standard InChI is InChI=1S/C11H12O3S/c1-4-13-11(12)8-7(3)15-10-6(2)5-14-9(8)10/h5H,4H2,1-3H3. The first-order chi connectivity index (χ1) is 7.15. The second-order valence-electron chi connectivity index (χ2n) is 3.33. The Morgan fingerprint density at radius 3 is 2.93 bits per heavy atom. The molecule has 0 unspecified atom stereocenters. The molecule has 0 saturated heterocycles. The van der Waals surface area contributed by atoms with E-state index in [0.29, 0.717) is 17.8 Å². The van der Waals surface area contributed by atoms with E-state index in [1.165, 1.54) is 0 Å².